The lowest BCUT2D eigenvalue weighted by atomic mass is 10.0. The van der Waals surface area contributed by atoms with Crippen LogP contribution >= 0.6 is 11.5 Å². The zero-order valence-corrected chi connectivity index (χ0v) is 19.7. The van der Waals surface area contributed by atoms with E-state index in [9.17, 15) is 14.4 Å². The van der Waals surface area contributed by atoms with E-state index >= 15 is 0 Å². The average molecular weight is 446 g/mol. The van der Waals surface area contributed by atoms with Gasteiger partial charge in [-0.3, -0.25) is 19.3 Å². The van der Waals surface area contributed by atoms with Gasteiger partial charge in [-0.05, 0) is 62.3 Å². The van der Waals surface area contributed by atoms with Crippen LogP contribution in [0.1, 0.15) is 79.6 Å². The van der Waals surface area contributed by atoms with E-state index in [-0.39, 0.29) is 22.2 Å². The minimum absolute atomic E-state index is 0.0719. The van der Waals surface area contributed by atoms with Crippen molar-refractivity contribution in [3.63, 3.8) is 0 Å². The van der Waals surface area contributed by atoms with Gasteiger partial charge in [0.05, 0.1) is 5.69 Å². The summed E-state index contributed by atoms with van der Waals surface area (Å²) in [5.74, 6) is -1.28. The van der Waals surface area contributed by atoms with Crippen LogP contribution in [0.2, 0.25) is 0 Å². The van der Waals surface area contributed by atoms with Gasteiger partial charge in [0.15, 0.2) is 5.69 Å². The second kappa shape index (κ2) is 9.47. The van der Waals surface area contributed by atoms with Crippen molar-refractivity contribution in [1.29, 1.82) is 0 Å². The molecule has 0 saturated carbocycles. The maximum atomic E-state index is 13.6. The maximum absolute atomic E-state index is 13.6. The first-order chi connectivity index (χ1) is 14.4. The average Bonchev–Trinajstić information content (AvgIpc) is 3.05. The number of amides is 3. The predicted octanol–water partition coefficient (Wildman–Crippen LogP) is 3.29. The molecule has 0 aliphatic heterocycles. The zero-order chi connectivity index (χ0) is 23.5. The maximum Gasteiger partial charge on any atom is 0.272 e. The highest BCUT2D eigenvalue weighted by Crippen LogP contribution is 2.29. The van der Waals surface area contributed by atoms with Crippen molar-refractivity contribution in [3.05, 3.63) is 40.4 Å². The van der Waals surface area contributed by atoms with E-state index in [1.807, 2.05) is 52.0 Å². The number of rotatable bonds is 7. The lowest BCUT2D eigenvalue weighted by Gasteiger charge is -2.33. The predicted molar refractivity (Wildman–Crippen MR) is 124 cm³/mol. The van der Waals surface area contributed by atoms with Gasteiger partial charge in [-0.25, -0.2) is 0 Å². The number of carbonyl (C=O) groups is 3. The number of hydrogen-bond donors (Lipinski definition) is 3. The number of anilines is 2. The topological polar surface area (TPSA) is 131 Å². The number of nitrogens with two attached hydrogens (primary N) is 2. The SMILES string of the molecule is CC[C@H](C(=O)NC(C)(C)C)N(C(=O)c1snc(C(N)=O)c1N)c1ccc(C(C)C)cc1. The molecule has 0 aliphatic rings. The molecule has 0 fully saturated rings. The van der Waals surface area contributed by atoms with Crippen LogP contribution in [0.25, 0.3) is 0 Å². The van der Waals surface area contributed by atoms with Crippen LogP contribution in [-0.4, -0.2) is 33.7 Å². The van der Waals surface area contributed by atoms with Crippen molar-refractivity contribution >= 4 is 40.6 Å². The molecule has 1 aromatic heterocycles. The summed E-state index contributed by atoms with van der Waals surface area (Å²) in [5, 5.41) is 2.94. The van der Waals surface area contributed by atoms with Crippen molar-refractivity contribution in [2.45, 2.75) is 65.5 Å². The molecule has 1 atom stereocenters. The Morgan fingerprint density at radius 3 is 2.16 bits per heavy atom. The van der Waals surface area contributed by atoms with E-state index in [0.717, 1.165) is 17.1 Å². The molecule has 31 heavy (non-hydrogen) atoms. The number of aromatic nitrogens is 1. The van der Waals surface area contributed by atoms with Crippen molar-refractivity contribution in [1.82, 2.24) is 9.69 Å². The summed E-state index contributed by atoms with van der Waals surface area (Å²) in [4.78, 5) is 39.7. The first-order valence-electron chi connectivity index (χ1n) is 10.2. The largest absolute Gasteiger partial charge is 0.395 e. The van der Waals surface area contributed by atoms with Crippen LogP contribution in [0, 0.1) is 0 Å². The molecular formula is C22H31N5O3S. The molecule has 0 bridgehead atoms. The Bertz CT molecular complexity index is 961. The number of primary amides is 1. The Labute approximate surface area is 187 Å². The molecule has 1 aromatic carbocycles. The Morgan fingerprint density at radius 2 is 1.74 bits per heavy atom. The highest BCUT2D eigenvalue weighted by Gasteiger charge is 2.35. The number of hydrogen-bond acceptors (Lipinski definition) is 6. The monoisotopic (exact) mass is 445 g/mol. The standard InChI is InChI=1S/C22H31N5O3S/c1-7-15(20(29)25-22(4,5)6)27(14-10-8-13(9-11-14)12(2)3)21(30)18-16(23)17(19(24)28)26-31-18/h8-12,15H,7,23H2,1-6H3,(H2,24,28)(H,25,29)/t15-/m1/s1. The van der Waals surface area contributed by atoms with Gasteiger partial charge < -0.3 is 16.8 Å². The van der Waals surface area contributed by atoms with E-state index in [4.69, 9.17) is 11.5 Å². The van der Waals surface area contributed by atoms with Crippen LogP contribution in [0.15, 0.2) is 24.3 Å². The third-order valence-corrected chi connectivity index (χ3v) is 5.56. The third kappa shape index (κ3) is 5.61. The quantitative estimate of drug-likeness (QED) is 0.602. The Balaban J connectivity index is 2.57. The Hall–Kier alpha value is -2.94. The minimum atomic E-state index is -0.807. The van der Waals surface area contributed by atoms with Crippen molar-refractivity contribution in [2.75, 3.05) is 10.6 Å². The van der Waals surface area contributed by atoms with Gasteiger partial charge >= 0.3 is 0 Å². The summed E-state index contributed by atoms with van der Waals surface area (Å²) >= 11 is 0.798. The molecule has 2 rings (SSSR count). The normalized spacial score (nSPS) is 12.5. The van der Waals surface area contributed by atoms with Crippen molar-refractivity contribution < 1.29 is 14.4 Å². The van der Waals surface area contributed by atoms with Gasteiger partial charge in [0.2, 0.25) is 5.91 Å². The fourth-order valence-corrected chi connectivity index (χ4v) is 3.88. The summed E-state index contributed by atoms with van der Waals surface area (Å²) in [6.45, 7) is 11.6. The van der Waals surface area contributed by atoms with Gasteiger partial charge in [-0.1, -0.05) is 32.9 Å². The molecule has 168 valence electrons. The Morgan fingerprint density at radius 1 is 1.16 bits per heavy atom. The molecule has 0 aliphatic carbocycles. The third-order valence-electron chi connectivity index (χ3n) is 4.71. The van der Waals surface area contributed by atoms with Gasteiger partial charge in [0.25, 0.3) is 11.8 Å². The molecule has 1 heterocycles. The fourth-order valence-electron chi connectivity index (χ4n) is 3.14. The van der Waals surface area contributed by atoms with Crippen molar-refractivity contribution in [2.24, 2.45) is 5.73 Å². The number of nitrogens with one attached hydrogen (secondary N) is 1. The van der Waals surface area contributed by atoms with E-state index < -0.39 is 23.4 Å². The first kappa shape index (κ1) is 24.3. The molecule has 0 spiro atoms. The van der Waals surface area contributed by atoms with E-state index in [1.54, 1.807) is 0 Å². The highest BCUT2D eigenvalue weighted by molar-refractivity contribution is 7.09. The molecule has 9 heteroatoms. The zero-order valence-electron chi connectivity index (χ0n) is 18.9. The van der Waals surface area contributed by atoms with Gasteiger partial charge in [0.1, 0.15) is 10.9 Å². The van der Waals surface area contributed by atoms with Crippen LogP contribution in [0.5, 0.6) is 0 Å². The first-order valence-corrected chi connectivity index (χ1v) is 10.9. The van der Waals surface area contributed by atoms with Crippen LogP contribution < -0.4 is 21.7 Å². The van der Waals surface area contributed by atoms with Crippen LogP contribution in [0.4, 0.5) is 11.4 Å². The van der Waals surface area contributed by atoms with Crippen LogP contribution in [0.3, 0.4) is 0 Å². The summed E-state index contributed by atoms with van der Waals surface area (Å²) in [6.07, 6.45) is 0.376. The summed E-state index contributed by atoms with van der Waals surface area (Å²) < 4.78 is 3.93. The molecule has 8 nitrogen and oxygen atoms in total. The van der Waals surface area contributed by atoms with Crippen molar-refractivity contribution in [3.8, 4) is 0 Å². The molecule has 0 saturated heterocycles. The van der Waals surface area contributed by atoms with Gasteiger partial charge in [-0.15, -0.1) is 0 Å². The summed E-state index contributed by atoms with van der Waals surface area (Å²) in [6, 6.07) is 6.70. The molecule has 5 N–H and O–H groups in total. The Kier molecular flexibility index (Phi) is 7.43. The van der Waals surface area contributed by atoms with Gasteiger partial charge in [-0.2, -0.15) is 4.37 Å². The number of nitrogens with zero attached hydrogens (tertiary/aromatic N) is 2. The summed E-state index contributed by atoms with van der Waals surface area (Å²) in [5.41, 5.74) is 12.3. The molecule has 2 aromatic rings. The molecular weight excluding hydrogens is 414 g/mol. The lowest BCUT2D eigenvalue weighted by molar-refractivity contribution is -0.123. The molecule has 3 amide bonds. The summed E-state index contributed by atoms with van der Waals surface area (Å²) in [7, 11) is 0. The molecule has 0 unspecified atom stereocenters. The second-order valence-electron chi connectivity index (χ2n) is 8.72. The van der Waals surface area contributed by atoms with Crippen LogP contribution in [-0.2, 0) is 4.79 Å². The van der Waals surface area contributed by atoms with E-state index in [2.05, 4.69) is 23.5 Å². The number of carbonyl (C=O) groups excluding carboxylic acids is 3. The van der Waals surface area contributed by atoms with E-state index in [1.165, 1.54) is 4.90 Å². The minimum Gasteiger partial charge on any atom is -0.395 e. The smallest absolute Gasteiger partial charge is 0.272 e. The second-order valence-corrected chi connectivity index (χ2v) is 9.50. The van der Waals surface area contributed by atoms with Gasteiger partial charge in [0, 0.05) is 11.2 Å². The highest BCUT2D eigenvalue weighted by atomic mass is 32.1. The number of benzene rings is 1. The molecule has 0 radical (unpaired) electrons. The fraction of sp³-hybridized carbons (Fsp3) is 0.455. The number of nitrogen functional groups attached to an aromatic ring is 1. The lowest BCUT2D eigenvalue weighted by Crippen LogP contribution is -2.54. The van der Waals surface area contributed by atoms with E-state index in [0.29, 0.717) is 18.0 Å².